The minimum atomic E-state index is -0.512. The van der Waals surface area contributed by atoms with Crippen molar-refractivity contribution in [2.75, 3.05) is 11.9 Å². The van der Waals surface area contributed by atoms with Crippen LogP contribution in [0.1, 0.15) is 35.8 Å². The highest BCUT2D eigenvalue weighted by Crippen LogP contribution is 2.12. The summed E-state index contributed by atoms with van der Waals surface area (Å²) in [7, 11) is 1.75. The van der Waals surface area contributed by atoms with Crippen molar-refractivity contribution in [3.63, 3.8) is 0 Å². The van der Waals surface area contributed by atoms with E-state index in [-0.39, 0.29) is 12.5 Å². The molecule has 0 spiro atoms. The Hall–Kier alpha value is -2.56. The van der Waals surface area contributed by atoms with Gasteiger partial charge in [-0.1, -0.05) is 25.5 Å². The maximum atomic E-state index is 11.8. The Morgan fingerprint density at radius 2 is 1.91 bits per heavy atom. The van der Waals surface area contributed by atoms with E-state index in [9.17, 15) is 9.59 Å². The van der Waals surface area contributed by atoms with Crippen molar-refractivity contribution in [3.05, 3.63) is 53.9 Å². The van der Waals surface area contributed by atoms with Crippen LogP contribution in [-0.2, 0) is 23.0 Å². The molecule has 1 aromatic carbocycles. The predicted molar refractivity (Wildman–Crippen MR) is 89.4 cm³/mol. The SMILES string of the molecule is CCCCc1ccc(NC(=O)COC(=O)c2cccn2C)cc1. The van der Waals surface area contributed by atoms with Gasteiger partial charge in [-0.25, -0.2) is 4.79 Å². The zero-order chi connectivity index (χ0) is 16.7. The molecule has 1 aromatic heterocycles. The Morgan fingerprint density at radius 3 is 2.52 bits per heavy atom. The number of nitrogens with one attached hydrogen (secondary N) is 1. The van der Waals surface area contributed by atoms with Crippen molar-refractivity contribution in [2.45, 2.75) is 26.2 Å². The van der Waals surface area contributed by atoms with Gasteiger partial charge in [0.05, 0.1) is 0 Å². The Kier molecular flexibility index (Phi) is 5.97. The summed E-state index contributed by atoms with van der Waals surface area (Å²) in [5.74, 6) is -0.864. The fourth-order valence-corrected chi connectivity index (χ4v) is 2.21. The van der Waals surface area contributed by atoms with Gasteiger partial charge in [0.25, 0.3) is 5.91 Å². The molecule has 1 heterocycles. The van der Waals surface area contributed by atoms with E-state index in [1.807, 2.05) is 24.3 Å². The number of carbonyl (C=O) groups is 2. The number of anilines is 1. The molecular weight excluding hydrogens is 292 g/mol. The summed E-state index contributed by atoms with van der Waals surface area (Å²) in [6.07, 6.45) is 5.10. The second kappa shape index (κ2) is 8.17. The maximum absolute atomic E-state index is 11.8. The third-order valence-corrected chi connectivity index (χ3v) is 3.54. The summed E-state index contributed by atoms with van der Waals surface area (Å²) in [4.78, 5) is 23.6. The van der Waals surface area contributed by atoms with E-state index in [1.165, 1.54) is 5.56 Å². The van der Waals surface area contributed by atoms with Crippen LogP contribution in [-0.4, -0.2) is 23.1 Å². The average Bonchev–Trinajstić information content (AvgIpc) is 2.98. The number of benzene rings is 1. The Bertz CT molecular complexity index is 659. The third kappa shape index (κ3) is 4.98. The molecule has 0 saturated carbocycles. The monoisotopic (exact) mass is 314 g/mol. The fourth-order valence-electron chi connectivity index (χ4n) is 2.21. The molecule has 0 fully saturated rings. The van der Waals surface area contributed by atoms with E-state index in [2.05, 4.69) is 12.2 Å². The van der Waals surface area contributed by atoms with Gasteiger partial charge in [0, 0.05) is 18.9 Å². The molecule has 2 rings (SSSR count). The molecule has 0 aliphatic heterocycles. The molecule has 0 aliphatic carbocycles. The van der Waals surface area contributed by atoms with Gasteiger partial charge in [-0.05, 0) is 42.7 Å². The van der Waals surface area contributed by atoms with Crippen LogP contribution in [0.25, 0.3) is 0 Å². The highest BCUT2D eigenvalue weighted by atomic mass is 16.5. The number of ether oxygens (including phenoxy) is 1. The van der Waals surface area contributed by atoms with Crippen LogP contribution >= 0.6 is 0 Å². The van der Waals surface area contributed by atoms with Gasteiger partial charge in [-0.2, -0.15) is 0 Å². The zero-order valence-electron chi connectivity index (χ0n) is 13.5. The zero-order valence-corrected chi connectivity index (χ0v) is 13.5. The standard InChI is InChI=1S/C18H22N2O3/c1-3-4-6-14-8-10-15(11-9-14)19-17(21)13-23-18(22)16-7-5-12-20(16)2/h5,7-12H,3-4,6,13H2,1-2H3,(H,19,21). The number of hydrogen-bond donors (Lipinski definition) is 1. The topological polar surface area (TPSA) is 60.3 Å². The lowest BCUT2D eigenvalue weighted by molar-refractivity contribution is -0.119. The van der Waals surface area contributed by atoms with E-state index in [0.29, 0.717) is 11.4 Å². The van der Waals surface area contributed by atoms with E-state index in [4.69, 9.17) is 4.74 Å². The van der Waals surface area contributed by atoms with Gasteiger partial charge < -0.3 is 14.6 Å². The highest BCUT2D eigenvalue weighted by molar-refractivity contribution is 5.94. The van der Waals surface area contributed by atoms with Crippen molar-refractivity contribution >= 4 is 17.6 Å². The van der Waals surface area contributed by atoms with E-state index < -0.39 is 5.97 Å². The minimum Gasteiger partial charge on any atom is -0.451 e. The second-order valence-electron chi connectivity index (χ2n) is 5.43. The molecule has 0 aliphatic rings. The number of hydrogen-bond acceptors (Lipinski definition) is 3. The van der Waals surface area contributed by atoms with Crippen LogP contribution in [0, 0.1) is 0 Å². The molecule has 0 radical (unpaired) electrons. The lowest BCUT2D eigenvalue weighted by Gasteiger charge is -2.08. The summed E-state index contributed by atoms with van der Waals surface area (Å²) >= 11 is 0. The van der Waals surface area contributed by atoms with Crippen LogP contribution in [0.5, 0.6) is 0 Å². The first kappa shape index (κ1) is 16.8. The Balaban J connectivity index is 1.80. The van der Waals surface area contributed by atoms with E-state index >= 15 is 0 Å². The lowest BCUT2D eigenvalue weighted by Crippen LogP contribution is -2.21. The first-order valence-corrected chi connectivity index (χ1v) is 7.77. The number of esters is 1. The molecule has 0 atom stereocenters. The molecule has 5 nitrogen and oxygen atoms in total. The molecule has 5 heteroatoms. The van der Waals surface area contributed by atoms with Gasteiger partial charge in [0.2, 0.25) is 0 Å². The van der Waals surface area contributed by atoms with Gasteiger partial charge in [-0.3, -0.25) is 4.79 Å². The molecular formula is C18H22N2O3. The Morgan fingerprint density at radius 1 is 1.17 bits per heavy atom. The molecule has 1 amide bonds. The minimum absolute atomic E-state index is 0.304. The molecule has 0 unspecified atom stereocenters. The first-order valence-electron chi connectivity index (χ1n) is 7.77. The highest BCUT2D eigenvalue weighted by Gasteiger charge is 2.12. The van der Waals surface area contributed by atoms with Crippen LogP contribution in [0.3, 0.4) is 0 Å². The van der Waals surface area contributed by atoms with Crippen LogP contribution < -0.4 is 5.32 Å². The molecule has 23 heavy (non-hydrogen) atoms. The van der Waals surface area contributed by atoms with Crippen molar-refractivity contribution in [3.8, 4) is 0 Å². The van der Waals surface area contributed by atoms with Crippen molar-refractivity contribution in [1.82, 2.24) is 4.57 Å². The third-order valence-electron chi connectivity index (χ3n) is 3.54. The Labute approximate surface area is 136 Å². The van der Waals surface area contributed by atoms with E-state index in [0.717, 1.165) is 19.3 Å². The van der Waals surface area contributed by atoms with Crippen molar-refractivity contribution in [2.24, 2.45) is 7.05 Å². The molecule has 1 N–H and O–H groups in total. The fraction of sp³-hybridized carbons (Fsp3) is 0.333. The maximum Gasteiger partial charge on any atom is 0.355 e. The van der Waals surface area contributed by atoms with Crippen molar-refractivity contribution < 1.29 is 14.3 Å². The summed E-state index contributed by atoms with van der Waals surface area (Å²) in [6, 6.07) is 11.1. The molecule has 122 valence electrons. The predicted octanol–water partition coefficient (Wildman–Crippen LogP) is 3.16. The van der Waals surface area contributed by atoms with Gasteiger partial charge in [0.1, 0.15) is 5.69 Å². The number of unbranched alkanes of at least 4 members (excludes halogenated alkanes) is 1. The number of aromatic nitrogens is 1. The lowest BCUT2D eigenvalue weighted by atomic mass is 10.1. The summed E-state index contributed by atoms with van der Waals surface area (Å²) < 4.78 is 6.65. The second-order valence-corrected chi connectivity index (χ2v) is 5.43. The largest absolute Gasteiger partial charge is 0.451 e. The summed E-state index contributed by atoms with van der Waals surface area (Å²) in [5.41, 5.74) is 2.36. The van der Waals surface area contributed by atoms with E-state index in [1.54, 1.807) is 29.9 Å². The van der Waals surface area contributed by atoms with Crippen molar-refractivity contribution in [1.29, 1.82) is 0 Å². The molecule has 0 bridgehead atoms. The summed E-state index contributed by atoms with van der Waals surface area (Å²) in [6.45, 7) is 1.85. The van der Waals surface area contributed by atoms with Gasteiger partial charge in [0.15, 0.2) is 6.61 Å². The molecule has 2 aromatic rings. The quantitative estimate of drug-likeness (QED) is 0.799. The number of nitrogens with zero attached hydrogens (tertiary/aromatic N) is 1. The number of rotatable bonds is 7. The smallest absolute Gasteiger partial charge is 0.355 e. The van der Waals surface area contributed by atoms with Gasteiger partial charge in [-0.15, -0.1) is 0 Å². The molecule has 0 saturated heterocycles. The summed E-state index contributed by atoms with van der Waals surface area (Å²) in [5, 5.41) is 2.72. The number of aryl methyl sites for hydroxylation is 2. The van der Waals surface area contributed by atoms with Crippen LogP contribution in [0.15, 0.2) is 42.6 Å². The number of carbonyl (C=O) groups excluding carboxylic acids is 2. The first-order chi connectivity index (χ1) is 11.1. The normalized spacial score (nSPS) is 10.3. The van der Waals surface area contributed by atoms with Crippen LogP contribution in [0.2, 0.25) is 0 Å². The van der Waals surface area contributed by atoms with Crippen LogP contribution in [0.4, 0.5) is 5.69 Å². The average molecular weight is 314 g/mol. The number of amides is 1. The van der Waals surface area contributed by atoms with Gasteiger partial charge >= 0.3 is 5.97 Å².